The van der Waals surface area contributed by atoms with Crippen molar-refractivity contribution in [1.82, 2.24) is 4.90 Å². The van der Waals surface area contributed by atoms with Gasteiger partial charge in [0, 0.05) is 12.2 Å². The Morgan fingerprint density at radius 3 is 2.67 bits per heavy atom. The molecule has 1 aliphatic heterocycles. The summed E-state index contributed by atoms with van der Waals surface area (Å²) in [7, 11) is 0. The summed E-state index contributed by atoms with van der Waals surface area (Å²) in [4.78, 5) is 14.1. The molecule has 0 atom stereocenters. The zero-order valence-electron chi connectivity index (χ0n) is 10.6. The summed E-state index contributed by atoms with van der Waals surface area (Å²) in [5.41, 5.74) is 6.65. The van der Waals surface area contributed by atoms with Gasteiger partial charge in [-0.1, -0.05) is 18.6 Å². The number of esters is 1. The molecule has 98 valence electrons. The molecule has 1 aliphatic rings. The Kier molecular flexibility index (Phi) is 4.59. The maximum atomic E-state index is 11.8. The number of piperidine rings is 1. The molecule has 1 saturated heterocycles. The van der Waals surface area contributed by atoms with Crippen LogP contribution in [-0.4, -0.2) is 37.1 Å². The zero-order chi connectivity index (χ0) is 12.8. The topological polar surface area (TPSA) is 55.6 Å². The minimum Gasteiger partial charge on any atom is -0.461 e. The van der Waals surface area contributed by atoms with Crippen LogP contribution in [0, 0.1) is 0 Å². The predicted octanol–water partition coefficient (Wildman–Crippen LogP) is 1.91. The van der Waals surface area contributed by atoms with Crippen molar-refractivity contribution >= 4 is 11.7 Å². The lowest BCUT2D eigenvalue weighted by atomic mass is 10.1. The second-order valence-corrected chi connectivity index (χ2v) is 4.63. The summed E-state index contributed by atoms with van der Waals surface area (Å²) < 4.78 is 5.25. The summed E-state index contributed by atoms with van der Waals surface area (Å²) in [6.45, 7) is 3.49. The van der Waals surface area contributed by atoms with Gasteiger partial charge >= 0.3 is 5.97 Å². The molecule has 1 aromatic rings. The van der Waals surface area contributed by atoms with E-state index in [-0.39, 0.29) is 5.97 Å². The zero-order valence-corrected chi connectivity index (χ0v) is 10.6. The number of nitrogens with zero attached hydrogens (tertiary/aromatic N) is 1. The highest BCUT2D eigenvalue weighted by Gasteiger charge is 2.13. The van der Waals surface area contributed by atoms with Gasteiger partial charge in [0.25, 0.3) is 0 Å². The van der Waals surface area contributed by atoms with Crippen LogP contribution in [0.3, 0.4) is 0 Å². The lowest BCUT2D eigenvalue weighted by Crippen LogP contribution is -2.33. The predicted molar refractivity (Wildman–Crippen MR) is 71.4 cm³/mol. The number of hydrogen-bond acceptors (Lipinski definition) is 4. The van der Waals surface area contributed by atoms with Gasteiger partial charge in [0.05, 0.1) is 5.56 Å². The van der Waals surface area contributed by atoms with Crippen molar-refractivity contribution in [3.05, 3.63) is 29.8 Å². The molecule has 0 radical (unpaired) electrons. The van der Waals surface area contributed by atoms with E-state index in [1.54, 1.807) is 24.3 Å². The molecule has 4 nitrogen and oxygen atoms in total. The molecule has 0 amide bonds. The monoisotopic (exact) mass is 248 g/mol. The van der Waals surface area contributed by atoms with Gasteiger partial charge in [0.2, 0.25) is 0 Å². The average Bonchev–Trinajstić information content (AvgIpc) is 2.40. The summed E-state index contributed by atoms with van der Waals surface area (Å²) in [6, 6.07) is 7.00. The van der Waals surface area contributed by atoms with Gasteiger partial charge in [-0.25, -0.2) is 4.79 Å². The smallest absolute Gasteiger partial charge is 0.340 e. The van der Waals surface area contributed by atoms with Gasteiger partial charge < -0.3 is 10.5 Å². The Labute approximate surface area is 108 Å². The highest BCUT2D eigenvalue weighted by Crippen LogP contribution is 2.12. The minimum atomic E-state index is -0.329. The van der Waals surface area contributed by atoms with Crippen molar-refractivity contribution in [3.8, 4) is 0 Å². The van der Waals surface area contributed by atoms with E-state index in [9.17, 15) is 4.79 Å². The average molecular weight is 248 g/mol. The fourth-order valence-electron chi connectivity index (χ4n) is 2.21. The van der Waals surface area contributed by atoms with Gasteiger partial charge in [0.15, 0.2) is 0 Å². The summed E-state index contributed by atoms with van der Waals surface area (Å²) in [5.74, 6) is -0.329. The third-order valence-corrected chi connectivity index (χ3v) is 3.27. The molecule has 0 bridgehead atoms. The first kappa shape index (κ1) is 12.9. The van der Waals surface area contributed by atoms with Crippen LogP contribution in [0.1, 0.15) is 29.6 Å². The number of carbonyl (C=O) groups is 1. The van der Waals surface area contributed by atoms with Crippen molar-refractivity contribution in [2.45, 2.75) is 19.3 Å². The SMILES string of the molecule is Nc1ccccc1C(=O)OCCN1CCCCC1. The molecule has 0 spiro atoms. The molecular formula is C14H20N2O2. The third kappa shape index (κ3) is 3.47. The van der Waals surface area contributed by atoms with E-state index in [0.717, 1.165) is 19.6 Å². The number of carbonyl (C=O) groups excluding carboxylic acids is 1. The van der Waals surface area contributed by atoms with Crippen LogP contribution >= 0.6 is 0 Å². The Hall–Kier alpha value is -1.55. The number of nitrogen functional groups attached to an aromatic ring is 1. The van der Waals surface area contributed by atoms with Crippen molar-refractivity contribution in [2.75, 3.05) is 32.0 Å². The van der Waals surface area contributed by atoms with Crippen molar-refractivity contribution in [1.29, 1.82) is 0 Å². The molecule has 2 N–H and O–H groups in total. The second-order valence-electron chi connectivity index (χ2n) is 4.63. The van der Waals surface area contributed by atoms with E-state index in [4.69, 9.17) is 10.5 Å². The van der Waals surface area contributed by atoms with Crippen LogP contribution in [-0.2, 0) is 4.74 Å². The van der Waals surface area contributed by atoms with Crippen LogP contribution < -0.4 is 5.73 Å². The van der Waals surface area contributed by atoms with E-state index in [2.05, 4.69) is 4.90 Å². The Bertz CT molecular complexity index is 401. The van der Waals surface area contributed by atoms with Gasteiger partial charge in [-0.15, -0.1) is 0 Å². The van der Waals surface area contributed by atoms with Gasteiger partial charge in [0.1, 0.15) is 6.61 Å². The molecule has 0 saturated carbocycles. The maximum absolute atomic E-state index is 11.8. The molecule has 2 rings (SSSR count). The highest BCUT2D eigenvalue weighted by atomic mass is 16.5. The second kappa shape index (κ2) is 6.40. The van der Waals surface area contributed by atoms with E-state index in [1.807, 2.05) is 0 Å². The molecule has 1 fully saturated rings. The Balaban J connectivity index is 1.76. The number of para-hydroxylation sites is 1. The first-order valence-corrected chi connectivity index (χ1v) is 6.51. The number of nitrogens with two attached hydrogens (primary N) is 1. The van der Waals surface area contributed by atoms with Crippen LogP contribution in [0.25, 0.3) is 0 Å². The molecule has 0 aliphatic carbocycles. The standard InChI is InChI=1S/C14H20N2O2/c15-13-7-3-2-6-12(13)14(17)18-11-10-16-8-4-1-5-9-16/h2-3,6-7H,1,4-5,8-11,15H2. The van der Waals surface area contributed by atoms with Crippen LogP contribution in [0.2, 0.25) is 0 Å². The fraction of sp³-hybridized carbons (Fsp3) is 0.500. The number of hydrogen-bond donors (Lipinski definition) is 1. The third-order valence-electron chi connectivity index (χ3n) is 3.27. The lowest BCUT2D eigenvalue weighted by Gasteiger charge is -2.25. The number of anilines is 1. The minimum absolute atomic E-state index is 0.329. The van der Waals surface area contributed by atoms with Gasteiger partial charge in [-0.3, -0.25) is 4.90 Å². The molecule has 1 aromatic carbocycles. The molecular weight excluding hydrogens is 228 g/mol. The summed E-state index contributed by atoms with van der Waals surface area (Å²) >= 11 is 0. The van der Waals surface area contributed by atoms with Crippen LogP contribution in [0.4, 0.5) is 5.69 Å². The van der Waals surface area contributed by atoms with Crippen molar-refractivity contribution in [2.24, 2.45) is 0 Å². The normalized spacial score (nSPS) is 16.4. The molecule has 0 unspecified atom stereocenters. The van der Waals surface area contributed by atoms with E-state index in [1.165, 1.54) is 19.3 Å². The maximum Gasteiger partial charge on any atom is 0.340 e. The largest absolute Gasteiger partial charge is 0.461 e. The number of benzene rings is 1. The number of rotatable bonds is 4. The van der Waals surface area contributed by atoms with Crippen LogP contribution in [0.15, 0.2) is 24.3 Å². The Morgan fingerprint density at radius 1 is 1.22 bits per heavy atom. The highest BCUT2D eigenvalue weighted by molar-refractivity contribution is 5.94. The van der Waals surface area contributed by atoms with Crippen molar-refractivity contribution < 1.29 is 9.53 Å². The summed E-state index contributed by atoms with van der Waals surface area (Å²) in [5, 5.41) is 0. The molecule has 0 aromatic heterocycles. The van der Waals surface area contributed by atoms with Crippen LogP contribution in [0.5, 0.6) is 0 Å². The van der Waals surface area contributed by atoms with E-state index >= 15 is 0 Å². The number of ether oxygens (including phenoxy) is 1. The van der Waals surface area contributed by atoms with E-state index in [0.29, 0.717) is 17.9 Å². The first-order chi connectivity index (χ1) is 8.77. The first-order valence-electron chi connectivity index (χ1n) is 6.51. The van der Waals surface area contributed by atoms with E-state index < -0.39 is 0 Å². The quantitative estimate of drug-likeness (QED) is 0.653. The molecule has 4 heteroatoms. The lowest BCUT2D eigenvalue weighted by molar-refractivity contribution is 0.0453. The molecule has 18 heavy (non-hydrogen) atoms. The fourth-order valence-corrected chi connectivity index (χ4v) is 2.21. The van der Waals surface area contributed by atoms with Crippen molar-refractivity contribution in [3.63, 3.8) is 0 Å². The molecule has 1 heterocycles. The number of likely N-dealkylation sites (tertiary alicyclic amines) is 1. The summed E-state index contributed by atoms with van der Waals surface area (Å²) in [6.07, 6.45) is 3.82. The Morgan fingerprint density at radius 2 is 1.94 bits per heavy atom. The van der Waals surface area contributed by atoms with Gasteiger partial charge in [-0.05, 0) is 38.1 Å². The van der Waals surface area contributed by atoms with Gasteiger partial charge in [-0.2, -0.15) is 0 Å².